The van der Waals surface area contributed by atoms with Crippen LogP contribution in [0.15, 0.2) is 0 Å². The normalized spacial score (nSPS) is 29.7. The Morgan fingerprint density at radius 2 is 1.73 bits per heavy atom. The zero-order valence-electron chi connectivity index (χ0n) is 9.78. The molecule has 1 amide bonds. The van der Waals surface area contributed by atoms with Crippen LogP contribution in [0.25, 0.3) is 0 Å². The first kappa shape index (κ1) is 10.9. The highest BCUT2D eigenvalue weighted by atomic mass is 16.2. The van der Waals surface area contributed by atoms with Gasteiger partial charge in [0.05, 0.1) is 6.04 Å². The summed E-state index contributed by atoms with van der Waals surface area (Å²) in [5, 5.41) is 0. The van der Waals surface area contributed by atoms with Gasteiger partial charge >= 0.3 is 0 Å². The zero-order chi connectivity index (χ0) is 10.8. The van der Waals surface area contributed by atoms with Crippen LogP contribution in [-0.2, 0) is 4.79 Å². The van der Waals surface area contributed by atoms with E-state index in [1.54, 1.807) is 0 Å². The SMILES string of the molecule is CN1CCN(C(=O)[C@H]2CCCN2C)CC1. The number of likely N-dealkylation sites (N-methyl/N-ethyl adjacent to an activating group) is 2. The summed E-state index contributed by atoms with van der Waals surface area (Å²) in [5.41, 5.74) is 0. The number of carbonyl (C=O) groups excluding carboxylic acids is 1. The fourth-order valence-corrected chi connectivity index (χ4v) is 2.46. The number of rotatable bonds is 1. The third-order valence-electron chi connectivity index (χ3n) is 3.62. The van der Waals surface area contributed by atoms with Gasteiger partial charge in [-0.1, -0.05) is 0 Å². The van der Waals surface area contributed by atoms with Crippen molar-refractivity contribution in [3.05, 3.63) is 0 Å². The van der Waals surface area contributed by atoms with E-state index in [9.17, 15) is 4.79 Å². The molecule has 0 N–H and O–H groups in total. The second kappa shape index (κ2) is 4.49. The Morgan fingerprint density at radius 3 is 2.27 bits per heavy atom. The first-order valence-electron chi connectivity index (χ1n) is 5.86. The molecule has 0 spiro atoms. The van der Waals surface area contributed by atoms with Crippen molar-refractivity contribution in [2.24, 2.45) is 0 Å². The van der Waals surface area contributed by atoms with E-state index in [2.05, 4.69) is 23.9 Å². The van der Waals surface area contributed by atoms with E-state index in [1.807, 2.05) is 4.90 Å². The highest BCUT2D eigenvalue weighted by Crippen LogP contribution is 2.17. The summed E-state index contributed by atoms with van der Waals surface area (Å²) in [7, 11) is 4.18. The maximum absolute atomic E-state index is 12.2. The van der Waals surface area contributed by atoms with Crippen LogP contribution in [0.3, 0.4) is 0 Å². The van der Waals surface area contributed by atoms with Gasteiger partial charge in [-0.15, -0.1) is 0 Å². The van der Waals surface area contributed by atoms with Crippen molar-refractivity contribution in [3.8, 4) is 0 Å². The lowest BCUT2D eigenvalue weighted by Gasteiger charge is -2.35. The van der Waals surface area contributed by atoms with Crippen LogP contribution in [0.1, 0.15) is 12.8 Å². The monoisotopic (exact) mass is 211 g/mol. The molecule has 0 bridgehead atoms. The maximum Gasteiger partial charge on any atom is 0.240 e. The minimum atomic E-state index is 0.161. The second-order valence-electron chi connectivity index (χ2n) is 4.77. The molecule has 0 aromatic heterocycles. The Kier molecular flexibility index (Phi) is 3.26. The minimum Gasteiger partial charge on any atom is -0.339 e. The van der Waals surface area contributed by atoms with E-state index in [4.69, 9.17) is 0 Å². The summed E-state index contributed by atoms with van der Waals surface area (Å²) >= 11 is 0. The molecule has 2 aliphatic heterocycles. The van der Waals surface area contributed by atoms with Crippen molar-refractivity contribution in [2.75, 3.05) is 46.8 Å². The van der Waals surface area contributed by atoms with Crippen LogP contribution in [0.2, 0.25) is 0 Å². The van der Waals surface area contributed by atoms with E-state index in [1.165, 1.54) is 6.42 Å². The van der Waals surface area contributed by atoms with Gasteiger partial charge in [-0.3, -0.25) is 9.69 Å². The topological polar surface area (TPSA) is 26.8 Å². The number of nitrogens with zero attached hydrogens (tertiary/aromatic N) is 3. The van der Waals surface area contributed by atoms with Crippen molar-refractivity contribution in [1.29, 1.82) is 0 Å². The lowest BCUT2D eigenvalue weighted by Crippen LogP contribution is -2.52. The number of amides is 1. The highest BCUT2D eigenvalue weighted by Gasteiger charge is 2.32. The van der Waals surface area contributed by atoms with Gasteiger partial charge in [-0.25, -0.2) is 0 Å². The van der Waals surface area contributed by atoms with Crippen LogP contribution in [0.5, 0.6) is 0 Å². The molecular weight excluding hydrogens is 190 g/mol. The van der Waals surface area contributed by atoms with Gasteiger partial charge in [0.2, 0.25) is 5.91 Å². The summed E-state index contributed by atoms with van der Waals surface area (Å²) in [6.07, 6.45) is 2.21. The van der Waals surface area contributed by atoms with Gasteiger partial charge in [-0.2, -0.15) is 0 Å². The smallest absolute Gasteiger partial charge is 0.240 e. The van der Waals surface area contributed by atoms with E-state index < -0.39 is 0 Å². The molecule has 0 aliphatic carbocycles. The van der Waals surface area contributed by atoms with Crippen LogP contribution >= 0.6 is 0 Å². The molecule has 2 heterocycles. The molecular formula is C11H21N3O. The van der Waals surface area contributed by atoms with Crippen LogP contribution < -0.4 is 0 Å². The first-order chi connectivity index (χ1) is 7.18. The van der Waals surface area contributed by atoms with Crippen molar-refractivity contribution >= 4 is 5.91 Å². The van der Waals surface area contributed by atoms with Crippen LogP contribution in [0, 0.1) is 0 Å². The Hall–Kier alpha value is -0.610. The Bertz CT molecular complexity index is 236. The lowest BCUT2D eigenvalue weighted by atomic mass is 10.2. The van der Waals surface area contributed by atoms with Gasteiger partial charge in [0.15, 0.2) is 0 Å². The van der Waals surface area contributed by atoms with E-state index >= 15 is 0 Å². The van der Waals surface area contributed by atoms with Gasteiger partial charge < -0.3 is 9.80 Å². The molecule has 0 unspecified atom stereocenters. The molecule has 0 aromatic rings. The lowest BCUT2D eigenvalue weighted by molar-refractivity contribution is -0.137. The number of likely N-dealkylation sites (tertiary alicyclic amines) is 1. The summed E-state index contributed by atoms with van der Waals surface area (Å²) in [4.78, 5) is 18.7. The standard InChI is InChI=1S/C11H21N3O/c1-12-6-8-14(9-7-12)11(15)10-4-3-5-13(10)2/h10H,3-9H2,1-2H3/t10-/m1/s1. The summed E-state index contributed by atoms with van der Waals surface area (Å²) in [6, 6.07) is 0.161. The molecule has 86 valence electrons. The second-order valence-corrected chi connectivity index (χ2v) is 4.77. The largest absolute Gasteiger partial charge is 0.339 e. The van der Waals surface area contributed by atoms with Crippen LogP contribution in [0.4, 0.5) is 0 Å². The highest BCUT2D eigenvalue weighted by molar-refractivity contribution is 5.82. The van der Waals surface area contributed by atoms with Crippen molar-refractivity contribution in [2.45, 2.75) is 18.9 Å². The van der Waals surface area contributed by atoms with Gasteiger partial charge in [0.25, 0.3) is 0 Å². The minimum absolute atomic E-state index is 0.161. The first-order valence-corrected chi connectivity index (χ1v) is 5.86. The zero-order valence-corrected chi connectivity index (χ0v) is 9.78. The predicted octanol–water partition coefficient (Wildman–Crippen LogP) is -0.145. The Balaban J connectivity index is 1.90. The molecule has 2 saturated heterocycles. The third-order valence-corrected chi connectivity index (χ3v) is 3.62. The quantitative estimate of drug-likeness (QED) is 0.604. The average molecular weight is 211 g/mol. The molecule has 4 heteroatoms. The molecule has 0 aromatic carbocycles. The van der Waals surface area contributed by atoms with Crippen molar-refractivity contribution in [3.63, 3.8) is 0 Å². The molecule has 1 atom stereocenters. The fraction of sp³-hybridized carbons (Fsp3) is 0.909. The molecule has 2 fully saturated rings. The van der Waals surface area contributed by atoms with E-state index in [-0.39, 0.29) is 6.04 Å². The molecule has 0 saturated carbocycles. The van der Waals surface area contributed by atoms with Crippen molar-refractivity contribution in [1.82, 2.24) is 14.7 Å². The maximum atomic E-state index is 12.2. The number of hydrogen-bond donors (Lipinski definition) is 0. The van der Waals surface area contributed by atoms with Crippen LogP contribution in [-0.4, -0.2) is 73.5 Å². The van der Waals surface area contributed by atoms with E-state index in [0.29, 0.717) is 5.91 Å². The van der Waals surface area contributed by atoms with Gasteiger partial charge in [0, 0.05) is 26.2 Å². The van der Waals surface area contributed by atoms with Gasteiger partial charge in [-0.05, 0) is 33.5 Å². The van der Waals surface area contributed by atoms with Gasteiger partial charge in [0.1, 0.15) is 0 Å². The average Bonchev–Trinajstić information content (AvgIpc) is 2.65. The molecule has 4 nitrogen and oxygen atoms in total. The molecule has 2 aliphatic rings. The number of piperazine rings is 1. The Morgan fingerprint density at radius 1 is 1.07 bits per heavy atom. The van der Waals surface area contributed by atoms with E-state index in [0.717, 1.165) is 39.1 Å². The summed E-state index contributed by atoms with van der Waals surface area (Å²) in [5.74, 6) is 0.350. The Labute approximate surface area is 91.8 Å². The molecule has 2 rings (SSSR count). The third kappa shape index (κ3) is 2.32. The number of carbonyl (C=O) groups is 1. The van der Waals surface area contributed by atoms with Crippen molar-refractivity contribution < 1.29 is 4.79 Å². The summed E-state index contributed by atoms with van der Waals surface area (Å²) in [6.45, 7) is 4.91. The summed E-state index contributed by atoms with van der Waals surface area (Å²) < 4.78 is 0. The molecule has 15 heavy (non-hydrogen) atoms. The predicted molar refractivity (Wildman–Crippen MR) is 59.7 cm³/mol. The molecule has 0 radical (unpaired) electrons. The fourth-order valence-electron chi connectivity index (χ4n) is 2.46. The number of hydrogen-bond acceptors (Lipinski definition) is 3.